The third-order valence-corrected chi connectivity index (χ3v) is 4.06. The Morgan fingerprint density at radius 3 is 2.10 bits per heavy atom. The van der Waals surface area contributed by atoms with E-state index in [0.29, 0.717) is 12.4 Å². The summed E-state index contributed by atoms with van der Waals surface area (Å²) in [6, 6.07) is 15.2. The van der Waals surface area contributed by atoms with Crippen molar-refractivity contribution in [3.05, 3.63) is 67.8 Å². The molecule has 2 aromatic rings. The van der Waals surface area contributed by atoms with Gasteiger partial charge in [-0.05, 0) is 76.4 Å². The van der Waals surface area contributed by atoms with E-state index < -0.39 is 0 Å². The number of rotatable bonds is 3. The van der Waals surface area contributed by atoms with E-state index in [1.807, 2.05) is 55.5 Å². The first-order chi connectivity index (χ1) is 9.65. The molecule has 0 aliphatic heterocycles. The van der Waals surface area contributed by atoms with Gasteiger partial charge in [-0.25, -0.2) is 0 Å². The van der Waals surface area contributed by atoms with Crippen LogP contribution in [0.5, 0.6) is 11.5 Å². The molecule has 0 amide bonds. The smallest absolute Gasteiger partial charge is 0.133 e. The van der Waals surface area contributed by atoms with Crippen LogP contribution in [-0.4, -0.2) is 11.7 Å². The molecule has 0 saturated heterocycles. The number of halogens is 2. The number of phenols is 1. The summed E-state index contributed by atoms with van der Waals surface area (Å²) in [7, 11) is 0. The van der Waals surface area contributed by atoms with Gasteiger partial charge >= 0.3 is 0 Å². The largest absolute Gasteiger partial charge is 0.507 e. The fraction of sp³-hybridized carbons (Fsp3) is 0.125. The monoisotopic (exact) mass is 494 g/mol. The van der Waals surface area contributed by atoms with Crippen molar-refractivity contribution >= 4 is 45.2 Å². The molecule has 2 rings (SSSR count). The second-order valence-corrected chi connectivity index (χ2v) is 6.09. The lowest BCUT2D eigenvalue weighted by atomic mass is 10.3. The number of para-hydroxylation sites is 2. The maximum atomic E-state index is 8.91. The van der Waals surface area contributed by atoms with Crippen LogP contribution in [0.15, 0.2) is 60.7 Å². The van der Waals surface area contributed by atoms with Crippen molar-refractivity contribution in [1.29, 1.82) is 0 Å². The third kappa shape index (κ3) is 6.60. The fourth-order valence-electron chi connectivity index (χ4n) is 1.25. The lowest BCUT2D eigenvalue weighted by Gasteiger charge is -2.04. The number of ether oxygens (including phenoxy) is 1. The summed E-state index contributed by atoms with van der Waals surface area (Å²) in [4.78, 5) is 0. The molecule has 0 fully saturated rings. The van der Waals surface area contributed by atoms with Gasteiger partial charge < -0.3 is 9.84 Å². The summed E-state index contributed by atoms with van der Waals surface area (Å²) in [6.07, 6.45) is 3.97. The molecule has 0 aliphatic rings. The van der Waals surface area contributed by atoms with Gasteiger partial charge in [0.25, 0.3) is 0 Å². The molecule has 4 heteroatoms. The summed E-state index contributed by atoms with van der Waals surface area (Å²) in [5, 5.41) is 8.91. The highest BCUT2D eigenvalue weighted by Crippen LogP contribution is 2.19. The highest BCUT2D eigenvalue weighted by Gasteiger charge is 1.95. The van der Waals surface area contributed by atoms with Crippen molar-refractivity contribution in [3.63, 3.8) is 0 Å². The van der Waals surface area contributed by atoms with E-state index in [1.54, 1.807) is 12.1 Å². The van der Waals surface area contributed by atoms with Crippen LogP contribution in [0, 0.1) is 7.14 Å². The van der Waals surface area contributed by atoms with Gasteiger partial charge in [-0.1, -0.05) is 36.4 Å². The fourth-order valence-corrected chi connectivity index (χ4v) is 2.18. The van der Waals surface area contributed by atoms with Gasteiger partial charge in [0.2, 0.25) is 0 Å². The zero-order chi connectivity index (χ0) is 14.8. The molecule has 2 nitrogen and oxygen atoms in total. The van der Waals surface area contributed by atoms with Crippen LogP contribution in [0.2, 0.25) is 0 Å². The standard InChI is InChI=1S/C10H11IO.C6H5IO/c1-2-3-8-12-10-7-5-4-6-9(10)11;7-5-3-1-2-4-6(5)8/h2-7H,8H2,1H3;1-4,8H. The predicted molar refractivity (Wildman–Crippen MR) is 100 cm³/mol. The molecule has 0 saturated carbocycles. The molecular formula is C16H16I2O2. The van der Waals surface area contributed by atoms with Crippen molar-refractivity contribution in [2.75, 3.05) is 6.61 Å². The second kappa shape index (κ2) is 10.0. The highest BCUT2D eigenvalue weighted by atomic mass is 127. The molecule has 0 spiro atoms. The third-order valence-electron chi connectivity index (χ3n) is 2.26. The van der Waals surface area contributed by atoms with E-state index in [-0.39, 0.29) is 0 Å². The normalized spacial score (nSPS) is 9.95. The minimum Gasteiger partial charge on any atom is -0.507 e. The van der Waals surface area contributed by atoms with Gasteiger partial charge in [0.1, 0.15) is 18.1 Å². The lowest BCUT2D eigenvalue weighted by molar-refractivity contribution is 0.360. The van der Waals surface area contributed by atoms with Gasteiger partial charge in [-0.3, -0.25) is 0 Å². The van der Waals surface area contributed by atoms with Gasteiger partial charge in [0.15, 0.2) is 0 Å². The minimum atomic E-state index is 0.355. The molecule has 1 N–H and O–H groups in total. The molecule has 0 bridgehead atoms. The van der Waals surface area contributed by atoms with Crippen molar-refractivity contribution in [1.82, 2.24) is 0 Å². The van der Waals surface area contributed by atoms with Crippen LogP contribution in [0.4, 0.5) is 0 Å². The van der Waals surface area contributed by atoms with Crippen molar-refractivity contribution in [2.45, 2.75) is 6.92 Å². The topological polar surface area (TPSA) is 29.5 Å². The Hall–Kier alpha value is -0.760. The Balaban J connectivity index is 0.000000217. The van der Waals surface area contributed by atoms with Gasteiger partial charge in [-0.15, -0.1) is 0 Å². The average molecular weight is 494 g/mol. The SMILES string of the molecule is CC=CCOc1ccccc1I.Oc1ccccc1I. The first kappa shape index (κ1) is 17.3. The van der Waals surface area contributed by atoms with Crippen LogP contribution in [0.3, 0.4) is 0 Å². The lowest BCUT2D eigenvalue weighted by Crippen LogP contribution is -1.94. The summed E-state index contributed by atoms with van der Waals surface area (Å²) in [5.41, 5.74) is 0. The summed E-state index contributed by atoms with van der Waals surface area (Å²) in [5.74, 6) is 1.31. The first-order valence-electron chi connectivity index (χ1n) is 6.07. The van der Waals surface area contributed by atoms with Crippen molar-refractivity contribution < 1.29 is 9.84 Å². The second-order valence-electron chi connectivity index (χ2n) is 3.76. The molecule has 0 radical (unpaired) electrons. The number of aromatic hydroxyl groups is 1. The average Bonchev–Trinajstić information content (AvgIpc) is 2.45. The zero-order valence-corrected chi connectivity index (χ0v) is 15.4. The van der Waals surface area contributed by atoms with Crippen molar-refractivity contribution in [3.8, 4) is 11.5 Å². The Labute approximate surface area is 147 Å². The molecule has 2 aromatic carbocycles. The number of phenolic OH excluding ortho intramolecular Hbond substituents is 1. The molecule has 0 aliphatic carbocycles. The van der Waals surface area contributed by atoms with Gasteiger partial charge in [0, 0.05) is 0 Å². The van der Waals surface area contributed by atoms with Gasteiger partial charge in [0.05, 0.1) is 7.14 Å². The van der Waals surface area contributed by atoms with E-state index in [2.05, 4.69) is 45.2 Å². The molecule has 0 aromatic heterocycles. The Bertz CT molecular complexity index is 533. The number of hydrogen-bond donors (Lipinski definition) is 1. The predicted octanol–water partition coefficient (Wildman–Crippen LogP) is 5.24. The minimum absolute atomic E-state index is 0.355. The Kier molecular flexibility index (Phi) is 8.68. The van der Waals surface area contributed by atoms with Crippen molar-refractivity contribution in [2.24, 2.45) is 0 Å². The summed E-state index contributed by atoms with van der Waals surface area (Å²) >= 11 is 4.34. The number of benzene rings is 2. The van der Waals surface area contributed by atoms with Crippen LogP contribution in [0.1, 0.15) is 6.92 Å². The van der Waals surface area contributed by atoms with Crippen LogP contribution < -0.4 is 4.74 Å². The Morgan fingerprint density at radius 1 is 1.00 bits per heavy atom. The highest BCUT2D eigenvalue weighted by molar-refractivity contribution is 14.1. The molecule has 0 unspecified atom stereocenters. The summed E-state index contributed by atoms with van der Waals surface area (Å²) < 4.78 is 7.53. The summed E-state index contributed by atoms with van der Waals surface area (Å²) in [6.45, 7) is 2.63. The zero-order valence-electron chi connectivity index (χ0n) is 11.1. The van der Waals surface area contributed by atoms with Crippen LogP contribution in [0.25, 0.3) is 0 Å². The number of allylic oxidation sites excluding steroid dienone is 1. The quantitative estimate of drug-likeness (QED) is 0.468. The molecule has 0 heterocycles. The maximum absolute atomic E-state index is 8.91. The van der Waals surface area contributed by atoms with E-state index in [1.165, 1.54) is 0 Å². The van der Waals surface area contributed by atoms with E-state index in [4.69, 9.17) is 9.84 Å². The molecule has 106 valence electrons. The number of hydrogen-bond acceptors (Lipinski definition) is 2. The van der Waals surface area contributed by atoms with Crippen LogP contribution in [-0.2, 0) is 0 Å². The van der Waals surface area contributed by atoms with E-state index in [9.17, 15) is 0 Å². The molecule has 20 heavy (non-hydrogen) atoms. The van der Waals surface area contributed by atoms with E-state index >= 15 is 0 Å². The van der Waals surface area contributed by atoms with Crippen LogP contribution >= 0.6 is 45.2 Å². The van der Waals surface area contributed by atoms with Gasteiger partial charge in [-0.2, -0.15) is 0 Å². The van der Waals surface area contributed by atoms with E-state index in [0.717, 1.165) is 12.9 Å². The first-order valence-corrected chi connectivity index (χ1v) is 8.23. The molecule has 0 atom stereocenters. The maximum Gasteiger partial charge on any atom is 0.133 e. The Morgan fingerprint density at radius 2 is 1.60 bits per heavy atom. The molecular weight excluding hydrogens is 478 g/mol.